The third-order valence-corrected chi connectivity index (χ3v) is 5.59. The molecule has 0 unspecified atom stereocenters. The highest BCUT2D eigenvalue weighted by molar-refractivity contribution is 7.90. The number of fused-ring (bicyclic) bond motifs is 1. The van der Waals surface area contributed by atoms with E-state index in [0.717, 1.165) is 24.1 Å². The number of carbonyl (C=O) groups excluding carboxylic acids is 1. The molecule has 6 nitrogen and oxygen atoms in total. The molecule has 3 rings (SSSR count). The molecule has 0 radical (unpaired) electrons. The highest BCUT2D eigenvalue weighted by Gasteiger charge is 2.33. The standard InChI is InChI=1S/C17H21N3O3S/c1-3-4-9-16(21)18-17-13-10-24(22,23)11-14(13)19-20(17)15-8-6-5-7-12(15)2/h5-8H,3-4,9-11H2,1-2H3,(H,18,21). The minimum atomic E-state index is -3.17. The number of unbranched alkanes of at least 4 members (excludes halogenated alkanes) is 1. The molecule has 1 aliphatic rings. The van der Waals surface area contributed by atoms with Gasteiger partial charge in [0.15, 0.2) is 9.84 Å². The van der Waals surface area contributed by atoms with Gasteiger partial charge in [0.25, 0.3) is 0 Å². The Kier molecular flexibility index (Phi) is 4.45. The molecule has 1 N–H and O–H groups in total. The molecule has 1 aliphatic heterocycles. The fourth-order valence-corrected chi connectivity index (χ4v) is 4.37. The molecule has 128 valence electrons. The molecule has 0 fully saturated rings. The molecule has 1 aromatic carbocycles. The number of amides is 1. The molecule has 1 amide bonds. The van der Waals surface area contributed by atoms with Crippen molar-refractivity contribution >= 4 is 21.6 Å². The van der Waals surface area contributed by atoms with Crippen LogP contribution in [0.5, 0.6) is 0 Å². The highest BCUT2D eigenvalue weighted by Crippen LogP contribution is 2.33. The maximum atomic E-state index is 12.2. The third-order valence-electron chi connectivity index (χ3n) is 4.15. The lowest BCUT2D eigenvalue weighted by Gasteiger charge is -2.12. The molecule has 7 heteroatoms. The Bertz CT molecular complexity index is 884. The topological polar surface area (TPSA) is 81.1 Å². The molecule has 1 aromatic heterocycles. The van der Waals surface area contributed by atoms with Crippen LogP contribution < -0.4 is 5.32 Å². The molecule has 0 saturated heterocycles. The Morgan fingerprint density at radius 1 is 1.29 bits per heavy atom. The van der Waals surface area contributed by atoms with E-state index < -0.39 is 9.84 Å². The van der Waals surface area contributed by atoms with Crippen molar-refractivity contribution in [2.75, 3.05) is 5.32 Å². The van der Waals surface area contributed by atoms with Gasteiger partial charge in [-0.3, -0.25) is 4.79 Å². The summed E-state index contributed by atoms with van der Waals surface area (Å²) in [6.45, 7) is 3.98. The lowest BCUT2D eigenvalue weighted by molar-refractivity contribution is -0.116. The van der Waals surface area contributed by atoms with Crippen LogP contribution >= 0.6 is 0 Å². The van der Waals surface area contributed by atoms with E-state index in [9.17, 15) is 13.2 Å². The summed E-state index contributed by atoms with van der Waals surface area (Å²) in [7, 11) is -3.17. The SMILES string of the molecule is CCCCC(=O)Nc1c2c(nn1-c1ccccc1C)CS(=O)(=O)C2. The summed E-state index contributed by atoms with van der Waals surface area (Å²) < 4.78 is 25.5. The highest BCUT2D eigenvalue weighted by atomic mass is 32.2. The van der Waals surface area contributed by atoms with Gasteiger partial charge in [-0.25, -0.2) is 13.1 Å². The first kappa shape index (κ1) is 16.7. The zero-order valence-electron chi connectivity index (χ0n) is 13.9. The van der Waals surface area contributed by atoms with Crippen LogP contribution in [0, 0.1) is 6.92 Å². The molecule has 2 aromatic rings. The van der Waals surface area contributed by atoms with Crippen LogP contribution in [0.1, 0.15) is 43.0 Å². The Morgan fingerprint density at radius 2 is 2.04 bits per heavy atom. The van der Waals surface area contributed by atoms with Crippen molar-refractivity contribution in [3.05, 3.63) is 41.1 Å². The van der Waals surface area contributed by atoms with Crippen LogP contribution in [0.25, 0.3) is 5.69 Å². The second-order valence-corrected chi connectivity index (χ2v) is 8.22. The van der Waals surface area contributed by atoms with Crippen molar-refractivity contribution in [3.8, 4) is 5.69 Å². The smallest absolute Gasteiger partial charge is 0.225 e. The van der Waals surface area contributed by atoms with Crippen molar-refractivity contribution in [1.82, 2.24) is 9.78 Å². The monoisotopic (exact) mass is 347 g/mol. The molecule has 0 saturated carbocycles. The van der Waals surface area contributed by atoms with Crippen LogP contribution in [0.4, 0.5) is 5.82 Å². The minimum Gasteiger partial charge on any atom is -0.310 e. The van der Waals surface area contributed by atoms with Crippen molar-refractivity contribution in [2.24, 2.45) is 0 Å². The van der Waals surface area contributed by atoms with E-state index in [2.05, 4.69) is 10.4 Å². The predicted molar refractivity (Wildman–Crippen MR) is 92.8 cm³/mol. The number of sulfone groups is 1. The first-order valence-electron chi connectivity index (χ1n) is 8.08. The first-order valence-corrected chi connectivity index (χ1v) is 9.90. The average molecular weight is 347 g/mol. The van der Waals surface area contributed by atoms with Crippen molar-refractivity contribution in [2.45, 2.75) is 44.6 Å². The number of hydrogen-bond donors (Lipinski definition) is 1. The Labute approximate surface area is 141 Å². The first-order chi connectivity index (χ1) is 11.4. The van der Waals surface area contributed by atoms with Gasteiger partial charge in [0.05, 0.1) is 22.9 Å². The zero-order valence-corrected chi connectivity index (χ0v) is 14.7. The van der Waals surface area contributed by atoms with Gasteiger partial charge in [-0.1, -0.05) is 31.5 Å². The average Bonchev–Trinajstić information content (AvgIpc) is 2.99. The number of carbonyl (C=O) groups is 1. The second-order valence-electron chi connectivity index (χ2n) is 6.16. The molecule has 0 bridgehead atoms. The number of nitrogens with zero attached hydrogens (tertiary/aromatic N) is 2. The summed E-state index contributed by atoms with van der Waals surface area (Å²) in [6.07, 6.45) is 2.14. The number of hydrogen-bond acceptors (Lipinski definition) is 4. The molecule has 0 atom stereocenters. The molecular weight excluding hydrogens is 326 g/mol. The van der Waals surface area contributed by atoms with Gasteiger partial charge < -0.3 is 5.32 Å². The van der Waals surface area contributed by atoms with Gasteiger partial charge in [-0.05, 0) is 25.0 Å². The fraction of sp³-hybridized carbons (Fsp3) is 0.412. The van der Waals surface area contributed by atoms with E-state index in [0.29, 0.717) is 23.5 Å². The van der Waals surface area contributed by atoms with Crippen LogP contribution in [0.15, 0.2) is 24.3 Å². The molecule has 2 heterocycles. The van der Waals surface area contributed by atoms with E-state index in [1.54, 1.807) is 4.68 Å². The lowest BCUT2D eigenvalue weighted by atomic mass is 10.2. The van der Waals surface area contributed by atoms with Gasteiger partial charge in [-0.15, -0.1) is 0 Å². The normalized spacial score (nSPS) is 15.2. The number of aryl methyl sites for hydroxylation is 1. The van der Waals surface area contributed by atoms with E-state index in [-0.39, 0.29) is 17.4 Å². The van der Waals surface area contributed by atoms with Gasteiger partial charge >= 0.3 is 0 Å². The lowest BCUT2D eigenvalue weighted by Crippen LogP contribution is -2.16. The summed E-state index contributed by atoms with van der Waals surface area (Å²) in [5.41, 5.74) is 2.99. The quantitative estimate of drug-likeness (QED) is 0.902. The maximum absolute atomic E-state index is 12.2. The molecule has 0 spiro atoms. The zero-order chi connectivity index (χ0) is 17.3. The van der Waals surface area contributed by atoms with E-state index >= 15 is 0 Å². The molecule has 24 heavy (non-hydrogen) atoms. The van der Waals surface area contributed by atoms with E-state index in [1.165, 1.54) is 0 Å². The van der Waals surface area contributed by atoms with Gasteiger partial charge in [0.1, 0.15) is 5.82 Å². The summed E-state index contributed by atoms with van der Waals surface area (Å²) in [5.74, 6) is 0.233. The molecular formula is C17H21N3O3S. The van der Waals surface area contributed by atoms with Crippen LogP contribution in [-0.2, 0) is 26.1 Å². The van der Waals surface area contributed by atoms with Crippen molar-refractivity contribution in [1.29, 1.82) is 0 Å². The predicted octanol–water partition coefficient (Wildman–Crippen LogP) is 2.74. The van der Waals surface area contributed by atoms with Gasteiger partial charge in [-0.2, -0.15) is 5.10 Å². The Hall–Kier alpha value is -2.15. The largest absolute Gasteiger partial charge is 0.310 e. The van der Waals surface area contributed by atoms with Crippen molar-refractivity contribution in [3.63, 3.8) is 0 Å². The van der Waals surface area contributed by atoms with Gasteiger partial charge in [0, 0.05) is 12.0 Å². The van der Waals surface area contributed by atoms with Crippen LogP contribution in [-0.4, -0.2) is 24.1 Å². The molecule has 0 aliphatic carbocycles. The summed E-state index contributed by atoms with van der Waals surface area (Å²) in [4.78, 5) is 12.2. The summed E-state index contributed by atoms with van der Waals surface area (Å²) in [6, 6.07) is 7.70. The van der Waals surface area contributed by atoms with Gasteiger partial charge in [0.2, 0.25) is 5.91 Å². The Morgan fingerprint density at radius 3 is 2.75 bits per heavy atom. The third kappa shape index (κ3) is 3.21. The van der Waals surface area contributed by atoms with Crippen LogP contribution in [0.2, 0.25) is 0 Å². The van der Waals surface area contributed by atoms with E-state index in [1.807, 2.05) is 38.1 Å². The number of anilines is 1. The minimum absolute atomic E-state index is 0.0704. The fourth-order valence-electron chi connectivity index (χ4n) is 2.88. The Balaban J connectivity index is 2.04. The van der Waals surface area contributed by atoms with E-state index in [4.69, 9.17) is 0 Å². The number of nitrogens with one attached hydrogen (secondary N) is 1. The number of para-hydroxylation sites is 1. The second kappa shape index (κ2) is 6.39. The maximum Gasteiger partial charge on any atom is 0.225 e. The summed E-state index contributed by atoms with van der Waals surface area (Å²) in [5, 5.41) is 7.36. The summed E-state index contributed by atoms with van der Waals surface area (Å²) >= 11 is 0. The number of rotatable bonds is 5. The van der Waals surface area contributed by atoms with Crippen molar-refractivity contribution < 1.29 is 13.2 Å². The number of benzene rings is 1. The number of aromatic nitrogens is 2. The van der Waals surface area contributed by atoms with Crippen LogP contribution in [0.3, 0.4) is 0 Å².